The van der Waals surface area contributed by atoms with Crippen molar-refractivity contribution < 1.29 is 14.7 Å². The van der Waals surface area contributed by atoms with E-state index in [1.807, 2.05) is 54.6 Å². The maximum atomic E-state index is 13.6. The van der Waals surface area contributed by atoms with E-state index >= 15 is 0 Å². The first kappa shape index (κ1) is 20.9. The van der Waals surface area contributed by atoms with Crippen LogP contribution in [0.15, 0.2) is 60.7 Å². The van der Waals surface area contributed by atoms with Gasteiger partial charge in [0, 0.05) is 11.3 Å². The molecule has 3 aromatic rings. The summed E-state index contributed by atoms with van der Waals surface area (Å²) in [6.07, 6.45) is 1.20. The van der Waals surface area contributed by atoms with Crippen LogP contribution in [-0.4, -0.2) is 36.1 Å². The zero-order chi connectivity index (χ0) is 22.0. The number of anilines is 1. The molecule has 31 heavy (non-hydrogen) atoms. The number of phenolic OH excluding ortho intramolecular Hbond substituents is 1. The second-order valence-electron chi connectivity index (χ2n) is 7.95. The Morgan fingerprint density at radius 1 is 1.13 bits per heavy atom. The monoisotopic (exact) mass is 417 g/mol. The van der Waals surface area contributed by atoms with Gasteiger partial charge < -0.3 is 20.6 Å². The van der Waals surface area contributed by atoms with Crippen LogP contribution < -0.4 is 15.5 Å². The number of hydrogen-bond acceptors (Lipinski definition) is 4. The SMILES string of the molecule is CNC(C)C(=O)NC1CCc2ccccc2N(Cc2c(O)ccc3ccccc23)C1=O. The number of fused-ring (bicyclic) bond motifs is 2. The fraction of sp³-hybridized carbons (Fsp3) is 0.280. The first-order valence-corrected chi connectivity index (χ1v) is 10.6. The Morgan fingerprint density at radius 3 is 2.68 bits per heavy atom. The highest BCUT2D eigenvalue weighted by molar-refractivity contribution is 6.01. The van der Waals surface area contributed by atoms with Gasteiger partial charge in [-0.2, -0.15) is 0 Å². The fourth-order valence-corrected chi connectivity index (χ4v) is 4.09. The minimum absolute atomic E-state index is 0.151. The number of nitrogens with one attached hydrogen (secondary N) is 2. The Morgan fingerprint density at radius 2 is 1.87 bits per heavy atom. The van der Waals surface area contributed by atoms with Crippen molar-refractivity contribution in [2.45, 2.75) is 38.4 Å². The molecular weight excluding hydrogens is 390 g/mol. The van der Waals surface area contributed by atoms with E-state index in [1.165, 1.54) is 0 Å². The lowest BCUT2D eigenvalue weighted by Gasteiger charge is -2.27. The van der Waals surface area contributed by atoms with Crippen LogP contribution in [0.3, 0.4) is 0 Å². The molecule has 3 N–H and O–H groups in total. The van der Waals surface area contributed by atoms with Gasteiger partial charge in [-0.05, 0) is 55.3 Å². The molecule has 2 unspecified atom stereocenters. The summed E-state index contributed by atoms with van der Waals surface area (Å²) in [6, 6.07) is 18.1. The van der Waals surface area contributed by atoms with Gasteiger partial charge in [-0.3, -0.25) is 9.59 Å². The molecule has 0 spiro atoms. The van der Waals surface area contributed by atoms with E-state index in [9.17, 15) is 14.7 Å². The van der Waals surface area contributed by atoms with E-state index in [0.717, 1.165) is 22.0 Å². The predicted molar refractivity (Wildman–Crippen MR) is 122 cm³/mol. The van der Waals surface area contributed by atoms with Gasteiger partial charge >= 0.3 is 0 Å². The maximum Gasteiger partial charge on any atom is 0.249 e. The lowest BCUT2D eigenvalue weighted by Crippen LogP contribution is -2.52. The molecule has 6 heteroatoms. The van der Waals surface area contributed by atoms with E-state index in [4.69, 9.17) is 0 Å². The Bertz CT molecular complexity index is 1130. The summed E-state index contributed by atoms with van der Waals surface area (Å²) in [5.41, 5.74) is 2.56. The smallest absolute Gasteiger partial charge is 0.249 e. The van der Waals surface area contributed by atoms with Crippen molar-refractivity contribution >= 4 is 28.3 Å². The number of aryl methyl sites for hydroxylation is 1. The van der Waals surface area contributed by atoms with Gasteiger partial charge in [-0.1, -0.05) is 48.5 Å². The molecule has 0 fully saturated rings. The van der Waals surface area contributed by atoms with Crippen molar-refractivity contribution in [2.24, 2.45) is 0 Å². The van der Waals surface area contributed by atoms with Gasteiger partial charge in [0.1, 0.15) is 11.8 Å². The largest absolute Gasteiger partial charge is 0.508 e. The normalized spacial score (nSPS) is 17.2. The lowest BCUT2D eigenvalue weighted by atomic mass is 10.0. The molecule has 1 aliphatic heterocycles. The summed E-state index contributed by atoms with van der Waals surface area (Å²) in [5.74, 6) is -0.230. The molecule has 0 bridgehead atoms. The van der Waals surface area contributed by atoms with Gasteiger partial charge in [-0.15, -0.1) is 0 Å². The third-order valence-corrected chi connectivity index (χ3v) is 6.02. The minimum Gasteiger partial charge on any atom is -0.508 e. The molecule has 0 aromatic heterocycles. The fourth-order valence-electron chi connectivity index (χ4n) is 4.09. The van der Waals surface area contributed by atoms with Crippen molar-refractivity contribution in [1.29, 1.82) is 0 Å². The van der Waals surface area contributed by atoms with E-state index < -0.39 is 12.1 Å². The number of carbonyl (C=O) groups excluding carboxylic acids is 2. The summed E-state index contributed by atoms with van der Waals surface area (Å²) < 4.78 is 0. The van der Waals surface area contributed by atoms with Crippen LogP contribution in [0.5, 0.6) is 5.75 Å². The van der Waals surface area contributed by atoms with Crippen LogP contribution in [0.4, 0.5) is 5.69 Å². The van der Waals surface area contributed by atoms with Crippen molar-refractivity contribution in [1.82, 2.24) is 10.6 Å². The number of para-hydroxylation sites is 1. The lowest BCUT2D eigenvalue weighted by molar-refractivity contribution is -0.128. The number of rotatable bonds is 5. The molecule has 160 valence electrons. The molecule has 0 radical (unpaired) electrons. The summed E-state index contributed by atoms with van der Waals surface area (Å²) in [7, 11) is 1.71. The molecule has 0 saturated carbocycles. The maximum absolute atomic E-state index is 13.6. The summed E-state index contributed by atoms with van der Waals surface area (Å²) in [6.45, 7) is 1.98. The number of phenols is 1. The zero-order valence-electron chi connectivity index (χ0n) is 17.8. The van der Waals surface area contributed by atoms with Crippen LogP contribution in [-0.2, 0) is 22.6 Å². The molecule has 2 amide bonds. The van der Waals surface area contributed by atoms with Crippen LogP contribution in [0.25, 0.3) is 10.8 Å². The van der Waals surface area contributed by atoms with Gasteiger partial charge in [0.25, 0.3) is 0 Å². The molecule has 3 aromatic carbocycles. The first-order valence-electron chi connectivity index (χ1n) is 10.6. The highest BCUT2D eigenvalue weighted by Crippen LogP contribution is 2.33. The second-order valence-corrected chi connectivity index (χ2v) is 7.95. The standard InChI is InChI=1S/C25H27N3O3/c1-16(26-2)24(30)27-21-13-11-18-8-4-6-10-22(18)28(25(21)31)15-20-19-9-5-3-7-17(19)12-14-23(20)29/h3-10,12,14,16,21,26,29H,11,13,15H2,1-2H3,(H,27,30). The minimum atomic E-state index is -0.632. The second kappa shape index (κ2) is 8.78. The highest BCUT2D eigenvalue weighted by Gasteiger charge is 2.32. The molecule has 2 atom stereocenters. The van der Waals surface area contributed by atoms with E-state index in [0.29, 0.717) is 18.4 Å². The number of carbonyl (C=O) groups is 2. The topological polar surface area (TPSA) is 81.7 Å². The van der Waals surface area contributed by atoms with Crippen LogP contribution >= 0.6 is 0 Å². The molecule has 1 heterocycles. The van der Waals surface area contributed by atoms with Gasteiger partial charge in [0.2, 0.25) is 11.8 Å². The Balaban J connectivity index is 1.74. The van der Waals surface area contributed by atoms with Crippen molar-refractivity contribution in [3.05, 3.63) is 71.8 Å². The van der Waals surface area contributed by atoms with Gasteiger partial charge in [0.15, 0.2) is 0 Å². The summed E-state index contributed by atoms with van der Waals surface area (Å²) in [4.78, 5) is 27.8. The Kier molecular flexibility index (Phi) is 5.91. The van der Waals surface area contributed by atoms with Crippen LogP contribution in [0, 0.1) is 0 Å². The molecule has 0 aliphatic carbocycles. The number of nitrogens with zero attached hydrogens (tertiary/aromatic N) is 1. The number of hydrogen-bond donors (Lipinski definition) is 3. The quantitative estimate of drug-likeness (QED) is 0.596. The van der Waals surface area contributed by atoms with Crippen LogP contribution in [0.1, 0.15) is 24.5 Å². The summed E-state index contributed by atoms with van der Waals surface area (Å²) in [5, 5.41) is 18.4. The molecule has 4 rings (SSSR count). The molecule has 6 nitrogen and oxygen atoms in total. The third kappa shape index (κ3) is 4.11. The Labute approximate surface area is 181 Å². The van der Waals surface area contributed by atoms with Gasteiger partial charge in [-0.25, -0.2) is 0 Å². The number of aromatic hydroxyl groups is 1. The molecule has 1 aliphatic rings. The van der Waals surface area contributed by atoms with E-state index in [2.05, 4.69) is 10.6 Å². The third-order valence-electron chi connectivity index (χ3n) is 6.02. The molecule has 0 saturated heterocycles. The molecular formula is C25H27N3O3. The first-order chi connectivity index (χ1) is 15.0. The summed E-state index contributed by atoms with van der Waals surface area (Å²) >= 11 is 0. The van der Waals surface area contributed by atoms with Gasteiger partial charge in [0.05, 0.1) is 12.6 Å². The Hall–Kier alpha value is -3.38. The number of likely N-dealkylation sites (N-methyl/N-ethyl adjacent to an activating group) is 1. The highest BCUT2D eigenvalue weighted by atomic mass is 16.3. The van der Waals surface area contributed by atoms with Crippen LogP contribution in [0.2, 0.25) is 0 Å². The van der Waals surface area contributed by atoms with Crippen molar-refractivity contribution in [2.75, 3.05) is 11.9 Å². The van der Waals surface area contributed by atoms with E-state index in [-0.39, 0.29) is 24.1 Å². The van der Waals surface area contributed by atoms with E-state index in [1.54, 1.807) is 24.9 Å². The number of benzene rings is 3. The van der Waals surface area contributed by atoms with Crippen molar-refractivity contribution in [3.63, 3.8) is 0 Å². The average Bonchev–Trinajstić information content (AvgIpc) is 2.92. The van der Waals surface area contributed by atoms with Crippen molar-refractivity contribution in [3.8, 4) is 5.75 Å². The number of amides is 2. The predicted octanol–water partition coefficient (Wildman–Crippen LogP) is 3.12. The average molecular weight is 418 g/mol. The zero-order valence-corrected chi connectivity index (χ0v) is 17.8.